The monoisotopic (exact) mass is 625 g/mol. The number of nitrogens with one attached hydrogen (secondary N) is 2. The van der Waals surface area contributed by atoms with Crippen molar-refractivity contribution >= 4 is 54.7 Å². The van der Waals surface area contributed by atoms with Gasteiger partial charge in [0.1, 0.15) is 5.75 Å². The molecule has 5 rings (SSSR count). The van der Waals surface area contributed by atoms with E-state index >= 15 is 0 Å². The molecule has 0 spiro atoms. The molecule has 4 aromatic rings. The molecule has 2 aromatic heterocycles. The van der Waals surface area contributed by atoms with E-state index in [1.165, 1.54) is 7.11 Å². The summed E-state index contributed by atoms with van der Waals surface area (Å²) >= 11 is 9.48. The van der Waals surface area contributed by atoms with Gasteiger partial charge in [-0.25, -0.2) is 8.42 Å². The smallest absolute Gasteiger partial charge is 0.229 e. The van der Waals surface area contributed by atoms with E-state index in [1.807, 2.05) is 41.3 Å². The summed E-state index contributed by atoms with van der Waals surface area (Å²) in [6.07, 6.45) is 2.88. The molecule has 39 heavy (non-hydrogen) atoms. The van der Waals surface area contributed by atoms with E-state index in [1.54, 1.807) is 18.3 Å². The summed E-state index contributed by atoms with van der Waals surface area (Å²) in [7, 11) is -2.04. The number of benzene rings is 2. The Kier molecular flexibility index (Phi) is 7.41. The third-order valence-corrected chi connectivity index (χ3v) is 8.11. The van der Waals surface area contributed by atoms with Crippen molar-refractivity contribution in [2.45, 2.75) is 25.9 Å². The summed E-state index contributed by atoms with van der Waals surface area (Å²) in [4.78, 5) is 6.67. The highest BCUT2D eigenvalue weighted by molar-refractivity contribution is 9.10. The number of ether oxygens (including phenoxy) is 1. The van der Waals surface area contributed by atoms with Crippen LogP contribution in [0.5, 0.6) is 5.75 Å². The Hall–Kier alpha value is -3.41. The van der Waals surface area contributed by atoms with Crippen LogP contribution in [0.4, 0.5) is 11.4 Å². The van der Waals surface area contributed by atoms with Gasteiger partial charge in [0, 0.05) is 33.4 Å². The maximum Gasteiger partial charge on any atom is 0.229 e. The number of aryl methyl sites for hydroxylation is 1. The molecule has 0 bridgehead atoms. The lowest BCUT2D eigenvalue weighted by atomic mass is 9.96. The first-order valence-electron chi connectivity index (χ1n) is 12.2. The standard InChI is InChI=1S/C28H28BrN5O3S2/c1-17-14-22(18(2)33(17)20-9-7-8-19(29)15-20)27-26(23-10-5-6-13-30-23)31-28(38)34(27)21-11-12-25(37-3)24(16-21)32-39(4,35)36/h5-16,26-27,32H,1-4H3,(H,31,38)/t26-,27+/m0/s1. The van der Waals surface area contributed by atoms with Crippen LogP contribution in [0.25, 0.3) is 5.69 Å². The van der Waals surface area contributed by atoms with Crippen molar-refractivity contribution in [3.05, 3.63) is 100 Å². The topological polar surface area (TPSA) is 88.5 Å². The van der Waals surface area contributed by atoms with Crippen LogP contribution >= 0.6 is 28.1 Å². The zero-order valence-electron chi connectivity index (χ0n) is 21.8. The van der Waals surface area contributed by atoms with Crippen LogP contribution in [-0.2, 0) is 10.0 Å². The fourth-order valence-electron chi connectivity index (χ4n) is 5.17. The number of sulfonamides is 1. The van der Waals surface area contributed by atoms with Gasteiger partial charge in [0.05, 0.1) is 36.8 Å². The van der Waals surface area contributed by atoms with Gasteiger partial charge in [0.25, 0.3) is 0 Å². The van der Waals surface area contributed by atoms with Gasteiger partial charge < -0.3 is 19.5 Å². The second-order valence-corrected chi connectivity index (χ2v) is 12.4. The van der Waals surface area contributed by atoms with Gasteiger partial charge in [-0.1, -0.05) is 28.1 Å². The Morgan fingerprint density at radius 3 is 2.51 bits per heavy atom. The summed E-state index contributed by atoms with van der Waals surface area (Å²) in [6.45, 7) is 4.18. The maximum atomic E-state index is 12.1. The molecule has 2 N–H and O–H groups in total. The van der Waals surface area contributed by atoms with Crippen LogP contribution in [0.3, 0.4) is 0 Å². The number of pyridine rings is 1. The molecule has 11 heteroatoms. The SMILES string of the molecule is COc1ccc(N2C(=S)N[C@@H](c3ccccn3)[C@H]2c2cc(C)n(-c3cccc(Br)c3)c2C)cc1NS(C)(=O)=O. The van der Waals surface area contributed by atoms with Gasteiger partial charge in [-0.05, 0) is 86.2 Å². The molecule has 1 fully saturated rings. The lowest BCUT2D eigenvalue weighted by molar-refractivity contribution is 0.417. The van der Waals surface area contributed by atoms with Gasteiger partial charge >= 0.3 is 0 Å². The van der Waals surface area contributed by atoms with Crippen molar-refractivity contribution in [3.63, 3.8) is 0 Å². The Bertz CT molecular complexity index is 1660. The molecule has 0 saturated carbocycles. The molecule has 1 aliphatic rings. The molecule has 1 saturated heterocycles. The number of methoxy groups -OCH3 is 1. The minimum absolute atomic E-state index is 0.247. The molecule has 3 heterocycles. The first-order chi connectivity index (χ1) is 18.6. The number of halogens is 1. The van der Waals surface area contributed by atoms with Gasteiger partial charge in [-0.2, -0.15) is 0 Å². The Balaban J connectivity index is 1.69. The number of hydrogen-bond acceptors (Lipinski definition) is 5. The zero-order chi connectivity index (χ0) is 27.9. The number of aromatic nitrogens is 2. The minimum atomic E-state index is -3.54. The third kappa shape index (κ3) is 5.39. The first kappa shape index (κ1) is 27.2. The molecule has 1 aliphatic heterocycles. The van der Waals surface area contributed by atoms with Crippen molar-refractivity contribution in [3.8, 4) is 11.4 Å². The van der Waals surface area contributed by atoms with E-state index in [0.29, 0.717) is 16.5 Å². The third-order valence-electron chi connectivity index (χ3n) is 6.71. The lowest BCUT2D eigenvalue weighted by Gasteiger charge is -2.29. The second kappa shape index (κ2) is 10.6. The van der Waals surface area contributed by atoms with E-state index < -0.39 is 10.0 Å². The van der Waals surface area contributed by atoms with E-state index in [4.69, 9.17) is 17.0 Å². The Morgan fingerprint density at radius 1 is 1.05 bits per heavy atom. The highest BCUT2D eigenvalue weighted by Crippen LogP contribution is 2.45. The van der Waals surface area contributed by atoms with E-state index in [2.05, 4.69) is 67.6 Å². The van der Waals surface area contributed by atoms with Crippen LogP contribution in [0.15, 0.2) is 77.4 Å². The molecule has 2 aromatic carbocycles. The van der Waals surface area contributed by atoms with Crippen molar-refractivity contribution in [2.24, 2.45) is 0 Å². The van der Waals surface area contributed by atoms with Crippen LogP contribution in [-0.4, -0.2) is 36.4 Å². The Labute approximate surface area is 242 Å². The second-order valence-electron chi connectivity index (χ2n) is 9.40. The minimum Gasteiger partial charge on any atom is -0.495 e. The zero-order valence-corrected chi connectivity index (χ0v) is 25.1. The van der Waals surface area contributed by atoms with E-state index in [9.17, 15) is 8.42 Å². The largest absolute Gasteiger partial charge is 0.495 e. The normalized spacial score (nSPS) is 17.3. The fraction of sp³-hybridized carbons (Fsp3) is 0.214. The number of rotatable bonds is 7. The molecule has 8 nitrogen and oxygen atoms in total. The van der Waals surface area contributed by atoms with Gasteiger partial charge in [-0.3, -0.25) is 9.71 Å². The predicted molar refractivity (Wildman–Crippen MR) is 162 cm³/mol. The van der Waals surface area contributed by atoms with Crippen LogP contribution in [0, 0.1) is 13.8 Å². The maximum absolute atomic E-state index is 12.1. The predicted octanol–water partition coefficient (Wildman–Crippen LogP) is 5.81. The molecule has 0 unspecified atom stereocenters. The van der Waals surface area contributed by atoms with Crippen LogP contribution in [0.2, 0.25) is 0 Å². The van der Waals surface area contributed by atoms with E-state index in [0.717, 1.165) is 44.7 Å². The highest BCUT2D eigenvalue weighted by atomic mass is 79.9. The molecule has 0 radical (unpaired) electrons. The Morgan fingerprint density at radius 2 is 1.85 bits per heavy atom. The summed E-state index contributed by atoms with van der Waals surface area (Å²) in [5.74, 6) is 0.410. The average molecular weight is 627 g/mol. The molecule has 2 atom stereocenters. The number of nitrogens with zero attached hydrogens (tertiary/aromatic N) is 3. The summed E-state index contributed by atoms with van der Waals surface area (Å²) in [5.41, 5.74) is 6.16. The number of anilines is 2. The van der Waals surface area contributed by atoms with Gasteiger partial charge in [0.2, 0.25) is 10.0 Å². The number of thiocarbonyl (C=S) groups is 1. The number of hydrogen-bond donors (Lipinski definition) is 2. The summed E-state index contributed by atoms with van der Waals surface area (Å²) in [5, 5.41) is 3.99. The van der Waals surface area contributed by atoms with Gasteiger partial charge in [-0.15, -0.1) is 0 Å². The van der Waals surface area contributed by atoms with Crippen molar-refractivity contribution in [2.75, 3.05) is 23.0 Å². The lowest BCUT2D eigenvalue weighted by Crippen LogP contribution is -2.29. The molecule has 0 amide bonds. The highest BCUT2D eigenvalue weighted by Gasteiger charge is 2.42. The summed E-state index contributed by atoms with van der Waals surface area (Å²) in [6, 6.07) is 21.0. The van der Waals surface area contributed by atoms with Gasteiger partial charge in [0.15, 0.2) is 5.11 Å². The van der Waals surface area contributed by atoms with E-state index in [-0.39, 0.29) is 12.1 Å². The van der Waals surface area contributed by atoms with Crippen molar-refractivity contribution in [1.29, 1.82) is 0 Å². The van der Waals surface area contributed by atoms with Crippen molar-refractivity contribution in [1.82, 2.24) is 14.9 Å². The van der Waals surface area contributed by atoms with Crippen LogP contribution < -0.4 is 19.7 Å². The fourth-order valence-corrected chi connectivity index (χ4v) is 6.47. The summed E-state index contributed by atoms with van der Waals surface area (Å²) < 4.78 is 35.4. The molecule has 202 valence electrons. The van der Waals surface area contributed by atoms with Crippen molar-refractivity contribution < 1.29 is 13.2 Å². The quantitative estimate of drug-likeness (QED) is 0.251. The molecular weight excluding hydrogens is 598 g/mol. The van der Waals surface area contributed by atoms with Crippen LogP contribution in [0.1, 0.15) is 34.7 Å². The molecular formula is C28H28BrN5O3S2. The average Bonchev–Trinajstić information content (AvgIpc) is 3.38. The molecule has 0 aliphatic carbocycles. The first-order valence-corrected chi connectivity index (χ1v) is 15.3.